The molecule has 1 aromatic rings. The lowest BCUT2D eigenvalue weighted by Crippen LogP contribution is -2.59. The van der Waals surface area contributed by atoms with E-state index >= 15 is 0 Å². The Morgan fingerprint density at radius 2 is 1.80 bits per heavy atom. The Hall–Kier alpha value is -2.54. The second kappa shape index (κ2) is 7.01. The summed E-state index contributed by atoms with van der Waals surface area (Å²) in [6.07, 6.45) is 0.540. The predicted molar refractivity (Wildman–Crippen MR) is 109 cm³/mol. The van der Waals surface area contributed by atoms with Gasteiger partial charge in [0.2, 0.25) is 23.1 Å². The van der Waals surface area contributed by atoms with Crippen LogP contribution in [0, 0.1) is 17.8 Å². The van der Waals surface area contributed by atoms with Crippen molar-refractivity contribution in [1.82, 2.24) is 5.32 Å². The first-order valence-electron chi connectivity index (χ1n) is 9.93. The van der Waals surface area contributed by atoms with E-state index in [0.29, 0.717) is 17.7 Å². The lowest BCUT2D eigenvalue weighted by Gasteiger charge is -2.42. The van der Waals surface area contributed by atoms with E-state index in [1.807, 2.05) is 13.8 Å². The maximum Gasteiger partial charge on any atom is 0.236 e. The summed E-state index contributed by atoms with van der Waals surface area (Å²) in [6.45, 7) is 5.69. The molecule has 1 spiro atoms. The molecule has 1 aromatic carbocycles. The van der Waals surface area contributed by atoms with Crippen LogP contribution in [0.1, 0.15) is 44.0 Å². The SMILES string of the molecule is COc1cc(OC)c2c(c1Cl)O[C@@]1(C(=O)C3=C(C[C@H]1C)NC(=O)C[C@@H]3C(C)C)C2=O. The van der Waals surface area contributed by atoms with E-state index in [4.69, 9.17) is 25.8 Å². The van der Waals surface area contributed by atoms with Crippen molar-refractivity contribution >= 4 is 29.1 Å². The Labute approximate surface area is 179 Å². The van der Waals surface area contributed by atoms with Crippen molar-refractivity contribution < 1.29 is 28.6 Å². The zero-order chi connectivity index (χ0) is 22.0. The Balaban J connectivity index is 1.90. The number of nitrogens with one attached hydrogen (secondary N) is 1. The van der Waals surface area contributed by atoms with Gasteiger partial charge in [0, 0.05) is 35.6 Å². The van der Waals surface area contributed by atoms with Crippen LogP contribution in [0.4, 0.5) is 0 Å². The number of hydrogen-bond acceptors (Lipinski definition) is 6. The van der Waals surface area contributed by atoms with Crippen molar-refractivity contribution in [3.05, 3.63) is 27.9 Å². The van der Waals surface area contributed by atoms with E-state index < -0.39 is 23.1 Å². The number of ether oxygens (including phenoxy) is 3. The van der Waals surface area contributed by atoms with Gasteiger partial charge in [0.15, 0.2) is 5.75 Å². The molecule has 0 saturated carbocycles. The molecule has 8 heteroatoms. The van der Waals surface area contributed by atoms with E-state index in [1.54, 1.807) is 6.92 Å². The molecule has 2 aliphatic heterocycles. The zero-order valence-electron chi connectivity index (χ0n) is 17.6. The second-order valence-corrected chi connectivity index (χ2v) is 8.77. The minimum Gasteiger partial charge on any atom is -0.496 e. The topological polar surface area (TPSA) is 90.9 Å². The Morgan fingerprint density at radius 1 is 1.13 bits per heavy atom. The molecule has 0 unspecified atom stereocenters. The van der Waals surface area contributed by atoms with Gasteiger partial charge >= 0.3 is 0 Å². The van der Waals surface area contributed by atoms with Gasteiger partial charge in [-0.3, -0.25) is 14.4 Å². The number of Topliss-reactive ketones (excluding diaryl/α,β-unsaturated/α-hetero) is 2. The van der Waals surface area contributed by atoms with Gasteiger partial charge in [0.25, 0.3) is 0 Å². The van der Waals surface area contributed by atoms with Crippen molar-refractivity contribution in [3.8, 4) is 17.2 Å². The van der Waals surface area contributed by atoms with Crippen molar-refractivity contribution in [2.45, 2.75) is 39.2 Å². The van der Waals surface area contributed by atoms with Gasteiger partial charge in [0.05, 0.1) is 14.2 Å². The number of ketones is 2. The quantitative estimate of drug-likeness (QED) is 0.735. The number of rotatable bonds is 3. The third-order valence-electron chi connectivity index (χ3n) is 6.40. The van der Waals surface area contributed by atoms with Gasteiger partial charge in [-0.2, -0.15) is 0 Å². The highest BCUT2D eigenvalue weighted by Gasteiger charge is 2.63. The number of allylic oxidation sites excluding steroid dienone is 1. The molecular formula is C22H24ClNO6. The molecule has 0 bridgehead atoms. The summed E-state index contributed by atoms with van der Waals surface area (Å²) >= 11 is 6.44. The fraction of sp³-hybridized carbons (Fsp3) is 0.500. The van der Waals surface area contributed by atoms with Crippen LogP contribution >= 0.6 is 11.6 Å². The maximum absolute atomic E-state index is 13.9. The number of methoxy groups -OCH3 is 2. The normalized spacial score (nSPS) is 27.8. The van der Waals surface area contributed by atoms with E-state index in [2.05, 4.69) is 5.32 Å². The van der Waals surface area contributed by atoms with Gasteiger partial charge < -0.3 is 19.5 Å². The summed E-state index contributed by atoms with van der Waals surface area (Å²) in [5.74, 6) is -1.10. The minimum absolute atomic E-state index is 0.0487. The number of carbonyl (C=O) groups excluding carboxylic acids is 3. The van der Waals surface area contributed by atoms with Crippen molar-refractivity contribution in [1.29, 1.82) is 0 Å². The molecule has 4 rings (SSSR count). The van der Waals surface area contributed by atoms with Crippen molar-refractivity contribution in [3.63, 3.8) is 0 Å². The van der Waals surface area contributed by atoms with Crippen LogP contribution in [0.25, 0.3) is 0 Å². The number of hydrogen-bond donors (Lipinski definition) is 1. The third-order valence-corrected chi connectivity index (χ3v) is 6.76. The van der Waals surface area contributed by atoms with E-state index in [9.17, 15) is 14.4 Å². The molecule has 7 nitrogen and oxygen atoms in total. The summed E-state index contributed by atoms with van der Waals surface area (Å²) in [7, 11) is 2.88. The molecule has 1 amide bonds. The number of carbonyl (C=O) groups is 3. The lowest BCUT2D eigenvalue weighted by molar-refractivity contribution is -0.132. The summed E-state index contributed by atoms with van der Waals surface area (Å²) in [5.41, 5.74) is -0.518. The molecule has 160 valence electrons. The molecule has 0 radical (unpaired) electrons. The zero-order valence-corrected chi connectivity index (χ0v) is 18.3. The molecule has 1 N–H and O–H groups in total. The summed E-state index contributed by atoms with van der Waals surface area (Å²) in [6, 6.07) is 1.52. The fourth-order valence-electron chi connectivity index (χ4n) is 4.80. The van der Waals surface area contributed by atoms with Crippen LogP contribution < -0.4 is 19.5 Å². The molecule has 1 aliphatic carbocycles. The van der Waals surface area contributed by atoms with Crippen LogP contribution in [0.2, 0.25) is 5.02 Å². The van der Waals surface area contributed by atoms with Crippen LogP contribution in [-0.2, 0) is 9.59 Å². The molecule has 3 aliphatic rings. The number of amides is 1. The molecule has 0 fully saturated rings. The van der Waals surface area contributed by atoms with Gasteiger partial charge in [-0.05, 0) is 12.3 Å². The van der Waals surface area contributed by atoms with Gasteiger partial charge in [-0.1, -0.05) is 32.4 Å². The lowest BCUT2D eigenvalue weighted by atomic mass is 9.65. The molecule has 0 saturated heterocycles. The minimum atomic E-state index is -1.74. The molecular weight excluding hydrogens is 410 g/mol. The van der Waals surface area contributed by atoms with Crippen LogP contribution in [0.5, 0.6) is 17.2 Å². The highest BCUT2D eigenvalue weighted by Crippen LogP contribution is 2.54. The van der Waals surface area contributed by atoms with Crippen molar-refractivity contribution in [2.75, 3.05) is 14.2 Å². The van der Waals surface area contributed by atoms with Crippen LogP contribution in [0.3, 0.4) is 0 Å². The standard InChI is InChI=1S/C22H24ClNO6/c1-9(2)11-7-15(25)24-12-6-10(3)22(20(26)16(11)12)21(27)17-13(28-4)8-14(29-5)18(23)19(17)30-22/h8-11H,6-7H2,1-5H3,(H,24,25)/t10-,11-,22+/m1/s1. The number of benzene rings is 1. The second-order valence-electron chi connectivity index (χ2n) is 8.40. The Bertz CT molecular complexity index is 1010. The first kappa shape index (κ1) is 20.7. The predicted octanol–water partition coefficient (Wildman–Crippen LogP) is 3.33. The Kier molecular flexibility index (Phi) is 4.84. The monoisotopic (exact) mass is 433 g/mol. The van der Waals surface area contributed by atoms with E-state index in [1.165, 1.54) is 20.3 Å². The first-order chi connectivity index (χ1) is 14.2. The summed E-state index contributed by atoms with van der Waals surface area (Å²) in [4.78, 5) is 39.8. The van der Waals surface area contributed by atoms with E-state index in [0.717, 1.165) is 0 Å². The average Bonchev–Trinajstić information content (AvgIpc) is 3.01. The van der Waals surface area contributed by atoms with Crippen molar-refractivity contribution in [2.24, 2.45) is 17.8 Å². The van der Waals surface area contributed by atoms with Crippen LogP contribution in [-0.4, -0.2) is 37.3 Å². The maximum atomic E-state index is 13.9. The highest BCUT2D eigenvalue weighted by atomic mass is 35.5. The van der Waals surface area contributed by atoms with Gasteiger partial charge in [-0.15, -0.1) is 0 Å². The molecule has 30 heavy (non-hydrogen) atoms. The van der Waals surface area contributed by atoms with E-state index in [-0.39, 0.29) is 52.0 Å². The third kappa shape index (κ3) is 2.61. The van der Waals surface area contributed by atoms with Gasteiger partial charge in [0.1, 0.15) is 22.1 Å². The fourth-order valence-corrected chi connectivity index (χ4v) is 5.06. The van der Waals surface area contributed by atoms with Crippen LogP contribution in [0.15, 0.2) is 17.3 Å². The smallest absolute Gasteiger partial charge is 0.236 e. The summed E-state index contributed by atoms with van der Waals surface area (Å²) < 4.78 is 16.8. The Morgan fingerprint density at radius 3 is 2.40 bits per heavy atom. The highest BCUT2D eigenvalue weighted by molar-refractivity contribution is 6.36. The largest absolute Gasteiger partial charge is 0.496 e. The summed E-state index contributed by atoms with van der Waals surface area (Å²) in [5, 5.41) is 2.96. The first-order valence-corrected chi connectivity index (χ1v) is 10.3. The average molecular weight is 434 g/mol. The molecule has 2 heterocycles. The molecule has 3 atom stereocenters. The van der Waals surface area contributed by atoms with Gasteiger partial charge in [-0.25, -0.2) is 0 Å². The number of fused-ring (bicyclic) bond motifs is 1. The molecule has 0 aromatic heterocycles. The number of halogens is 1.